The number of carbonyl (C=O) groups excluding carboxylic acids is 1. The van der Waals surface area contributed by atoms with Crippen molar-refractivity contribution >= 4 is 5.91 Å². The van der Waals surface area contributed by atoms with E-state index in [0.29, 0.717) is 5.56 Å². The number of phenols is 1. The lowest BCUT2D eigenvalue weighted by atomic mass is 10.0. The van der Waals surface area contributed by atoms with Crippen LogP contribution in [0.15, 0.2) is 18.2 Å². The minimum Gasteiger partial charge on any atom is -0.507 e. The van der Waals surface area contributed by atoms with Gasteiger partial charge in [0.15, 0.2) is 0 Å². The molecule has 0 aliphatic heterocycles. The zero-order valence-electron chi connectivity index (χ0n) is 7.47. The third kappa shape index (κ3) is 2.01. The summed E-state index contributed by atoms with van der Waals surface area (Å²) in [5.74, 6) is -0.916. The van der Waals surface area contributed by atoms with Crippen molar-refractivity contribution in [1.29, 1.82) is 0 Å². The highest BCUT2D eigenvalue weighted by atomic mass is 16.3. The molecule has 5 heteroatoms. The fourth-order valence-corrected chi connectivity index (χ4v) is 1.09. The van der Waals surface area contributed by atoms with Crippen molar-refractivity contribution in [3.8, 4) is 5.75 Å². The SMILES string of the molecule is NC(=O)c1cc([C@H](N)CO)ccc1O. The maximum absolute atomic E-state index is 10.8. The minimum atomic E-state index is -0.727. The molecule has 0 unspecified atom stereocenters. The molecular formula is C9H12N2O3. The molecule has 0 saturated heterocycles. The van der Waals surface area contributed by atoms with E-state index >= 15 is 0 Å². The van der Waals surface area contributed by atoms with Crippen molar-refractivity contribution in [2.45, 2.75) is 6.04 Å². The van der Waals surface area contributed by atoms with Gasteiger partial charge in [0.1, 0.15) is 5.75 Å². The van der Waals surface area contributed by atoms with Gasteiger partial charge in [-0.3, -0.25) is 4.79 Å². The van der Waals surface area contributed by atoms with Gasteiger partial charge < -0.3 is 21.7 Å². The molecule has 0 aliphatic carbocycles. The van der Waals surface area contributed by atoms with E-state index in [1.807, 2.05) is 0 Å². The molecule has 76 valence electrons. The summed E-state index contributed by atoms with van der Waals surface area (Å²) in [5.41, 5.74) is 11.1. The molecule has 1 amide bonds. The van der Waals surface area contributed by atoms with E-state index in [1.165, 1.54) is 18.2 Å². The van der Waals surface area contributed by atoms with Crippen LogP contribution in [0.1, 0.15) is 22.0 Å². The van der Waals surface area contributed by atoms with Gasteiger partial charge in [0.05, 0.1) is 18.2 Å². The van der Waals surface area contributed by atoms with Crippen molar-refractivity contribution in [3.05, 3.63) is 29.3 Å². The molecule has 0 saturated carbocycles. The molecule has 14 heavy (non-hydrogen) atoms. The van der Waals surface area contributed by atoms with Crippen molar-refractivity contribution in [1.82, 2.24) is 0 Å². The van der Waals surface area contributed by atoms with Crippen LogP contribution in [0.2, 0.25) is 0 Å². The second kappa shape index (κ2) is 4.08. The summed E-state index contributed by atoms with van der Waals surface area (Å²) in [6.45, 7) is -0.233. The number of aliphatic hydroxyl groups excluding tert-OH is 1. The Morgan fingerprint density at radius 1 is 1.50 bits per heavy atom. The molecule has 0 radical (unpaired) electrons. The smallest absolute Gasteiger partial charge is 0.252 e. The van der Waals surface area contributed by atoms with Crippen LogP contribution in [0.3, 0.4) is 0 Å². The maximum atomic E-state index is 10.8. The summed E-state index contributed by atoms with van der Waals surface area (Å²) in [6.07, 6.45) is 0. The van der Waals surface area contributed by atoms with E-state index in [2.05, 4.69) is 0 Å². The number of nitrogens with two attached hydrogens (primary N) is 2. The van der Waals surface area contributed by atoms with E-state index in [4.69, 9.17) is 16.6 Å². The van der Waals surface area contributed by atoms with Gasteiger partial charge in [0, 0.05) is 0 Å². The summed E-state index contributed by atoms with van der Waals surface area (Å²) in [5, 5.41) is 18.0. The average Bonchev–Trinajstić information content (AvgIpc) is 2.17. The van der Waals surface area contributed by atoms with Gasteiger partial charge in [-0.1, -0.05) is 6.07 Å². The number of hydrogen-bond acceptors (Lipinski definition) is 4. The molecule has 1 atom stereocenters. The predicted molar refractivity (Wildman–Crippen MR) is 50.6 cm³/mol. The zero-order chi connectivity index (χ0) is 10.7. The summed E-state index contributed by atoms with van der Waals surface area (Å²) < 4.78 is 0. The summed E-state index contributed by atoms with van der Waals surface area (Å²) in [7, 11) is 0. The second-order valence-electron chi connectivity index (χ2n) is 2.93. The standard InChI is InChI=1S/C9H12N2O3/c10-7(4-12)5-1-2-8(13)6(3-5)9(11)14/h1-3,7,12-13H,4,10H2,(H2,11,14)/t7-/m1/s1. The number of rotatable bonds is 3. The largest absolute Gasteiger partial charge is 0.507 e. The molecule has 1 aromatic carbocycles. The van der Waals surface area contributed by atoms with Crippen molar-refractivity contribution < 1.29 is 15.0 Å². The Morgan fingerprint density at radius 3 is 2.64 bits per heavy atom. The van der Waals surface area contributed by atoms with Gasteiger partial charge in [-0.2, -0.15) is 0 Å². The Labute approximate surface area is 81.0 Å². The van der Waals surface area contributed by atoms with Gasteiger partial charge in [-0.05, 0) is 17.7 Å². The predicted octanol–water partition coefficient (Wildman–Crippen LogP) is -0.517. The minimum absolute atomic E-state index is 0.00593. The van der Waals surface area contributed by atoms with E-state index in [1.54, 1.807) is 0 Å². The molecule has 5 nitrogen and oxygen atoms in total. The number of benzene rings is 1. The number of amides is 1. The molecule has 0 spiro atoms. The van der Waals surface area contributed by atoms with Gasteiger partial charge in [0.25, 0.3) is 5.91 Å². The lowest BCUT2D eigenvalue weighted by Crippen LogP contribution is -2.17. The van der Waals surface area contributed by atoms with Crippen molar-refractivity contribution in [2.75, 3.05) is 6.61 Å². The third-order valence-electron chi connectivity index (χ3n) is 1.91. The van der Waals surface area contributed by atoms with Crippen LogP contribution in [0, 0.1) is 0 Å². The van der Waals surface area contributed by atoms with Crippen LogP contribution in [-0.2, 0) is 0 Å². The Bertz CT molecular complexity index is 352. The summed E-state index contributed by atoms with van der Waals surface area (Å²) >= 11 is 0. The van der Waals surface area contributed by atoms with Gasteiger partial charge in [-0.15, -0.1) is 0 Å². The number of primary amides is 1. The first kappa shape index (κ1) is 10.5. The first-order valence-corrected chi connectivity index (χ1v) is 4.05. The van der Waals surface area contributed by atoms with Crippen LogP contribution >= 0.6 is 0 Å². The first-order valence-electron chi connectivity index (χ1n) is 4.05. The topological polar surface area (TPSA) is 110 Å². The van der Waals surface area contributed by atoms with E-state index in [-0.39, 0.29) is 17.9 Å². The molecule has 0 bridgehead atoms. The summed E-state index contributed by atoms with van der Waals surface area (Å²) in [6, 6.07) is 3.65. The molecular weight excluding hydrogens is 184 g/mol. The van der Waals surface area contributed by atoms with E-state index in [0.717, 1.165) is 0 Å². The normalized spacial score (nSPS) is 12.4. The molecule has 1 aromatic rings. The maximum Gasteiger partial charge on any atom is 0.252 e. The van der Waals surface area contributed by atoms with Crippen LogP contribution < -0.4 is 11.5 Å². The Kier molecular flexibility index (Phi) is 3.06. The molecule has 0 aliphatic rings. The number of aromatic hydroxyl groups is 1. The molecule has 0 fully saturated rings. The van der Waals surface area contributed by atoms with Crippen molar-refractivity contribution in [3.63, 3.8) is 0 Å². The lowest BCUT2D eigenvalue weighted by Gasteiger charge is -2.10. The molecule has 0 aromatic heterocycles. The number of hydrogen-bond donors (Lipinski definition) is 4. The van der Waals surface area contributed by atoms with E-state index < -0.39 is 11.9 Å². The van der Waals surface area contributed by atoms with Crippen LogP contribution in [-0.4, -0.2) is 22.7 Å². The Balaban J connectivity index is 3.12. The van der Waals surface area contributed by atoms with Crippen LogP contribution in [0.25, 0.3) is 0 Å². The third-order valence-corrected chi connectivity index (χ3v) is 1.91. The van der Waals surface area contributed by atoms with Gasteiger partial charge in [0.2, 0.25) is 0 Å². The van der Waals surface area contributed by atoms with Crippen LogP contribution in [0.5, 0.6) is 5.75 Å². The fourth-order valence-electron chi connectivity index (χ4n) is 1.09. The lowest BCUT2D eigenvalue weighted by molar-refractivity contribution is 0.0997. The van der Waals surface area contributed by atoms with Crippen LogP contribution in [0.4, 0.5) is 0 Å². The van der Waals surface area contributed by atoms with E-state index in [9.17, 15) is 9.90 Å². The highest BCUT2D eigenvalue weighted by Crippen LogP contribution is 2.20. The molecule has 6 N–H and O–H groups in total. The zero-order valence-corrected chi connectivity index (χ0v) is 7.47. The monoisotopic (exact) mass is 196 g/mol. The Morgan fingerprint density at radius 2 is 2.14 bits per heavy atom. The molecule has 1 rings (SSSR count). The fraction of sp³-hybridized carbons (Fsp3) is 0.222. The first-order chi connectivity index (χ1) is 6.56. The Hall–Kier alpha value is -1.59. The second-order valence-corrected chi connectivity index (χ2v) is 2.93. The van der Waals surface area contributed by atoms with Gasteiger partial charge in [-0.25, -0.2) is 0 Å². The number of aliphatic hydroxyl groups is 1. The highest BCUT2D eigenvalue weighted by Gasteiger charge is 2.11. The summed E-state index contributed by atoms with van der Waals surface area (Å²) in [4.78, 5) is 10.8. The van der Waals surface area contributed by atoms with Crippen molar-refractivity contribution in [2.24, 2.45) is 11.5 Å². The molecule has 0 heterocycles. The highest BCUT2D eigenvalue weighted by molar-refractivity contribution is 5.95. The number of carbonyl (C=O) groups is 1. The quantitative estimate of drug-likeness (QED) is 0.521. The average molecular weight is 196 g/mol. The van der Waals surface area contributed by atoms with Gasteiger partial charge >= 0.3 is 0 Å².